The van der Waals surface area contributed by atoms with Crippen molar-refractivity contribution in [1.29, 1.82) is 0 Å². The van der Waals surface area contributed by atoms with Crippen molar-refractivity contribution in [1.82, 2.24) is 0 Å². The maximum atomic E-state index is 9.43. The molecule has 2 aromatic rings. The average molecular weight is 248 g/mol. The van der Waals surface area contributed by atoms with E-state index in [1.165, 1.54) is 0 Å². The van der Waals surface area contributed by atoms with Gasteiger partial charge in [0.05, 0.1) is 27.4 Å². The third-order valence-electron chi connectivity index (χ3n) is 2.97. The molecule has 0 aliphatic rings. The molecule has 0 aromatic heterocycles. The van der Waals surface area contributed by atoms with E-state index in [9.17, 15) is 10.2 Å². The first-order valence-electron chi connectivity index (χ1n) is 5.62. The molecule has 0 atom stereocenters. The van der Waals surface area contributed by atoms with Crippen molar-refractivity contribution in [3.63, 3.8) is 0 Å². The Morgan fingerprint density at radius 2 is 1.28 bits per heavy atom. The minimum absolute atomic E-state index is 0.104. The zero-order chi connectivity index (χ0) is 13.1. The Bertz CT molecular complexity index is 516. The third-order valence-corrected chi connectivity index (χ3v) is 2.97. The van der Waals surface area contributed by atoms with E-state index in [4.69, 9.17) is 9.47 Å². The number of methoxy groups -OCH3 is 2. The van der Waals surface area contributed by atoms with Crippen LogP contribution in [-0.4, -0.2) is 24.4 Å². The van der Waals surface area contributed by atoms with Gasteiger partial charge in [-0.15, -0.1) is 0 Å². The molecule has 0 heterocycles. The molecular formula is C14H16O4. The molecule has 96 valence electrons. The smallest absolute Gasteiger partial charge is 0.119 e. The first-order valence-corrected chi connectivity index (χ1v) is 5.62. The maximum Gasteiger partial charge on any atom is 0.119 e. The maximum absolute atomic E-state index is 9.43. The highest BCUT2D eigenvalue weighted by Gasteiger charge is 2.10. The van der Waals surface area contributed by atoms with Crippen LogP contribution >= 0.6 is 0 Å². The molecule has 0 amide bonds. The molecule has 0 unspecified atom stereocenters. The summed E-state index contributed by atoms with van der Waals surface area (Å²) in [6, 6.07) is 7.26. The highest BCUT2D eigenvalue weighted by molar-refractivity contribution is 5.91. The van der Waals surface area contributed by atoms with Gasteiger partial charge < -0.3 is 19.7 Å². The summed E-state index contributed by atoms with van der Waals surface area (Å²) in [6.07, 6.45) is 0. The number of aliphatic hydroxyl groups is 2. The topological polar surface area (TPSA) is 58.9 Å². The fraction of sp³-hybridized carbons (Fsp3) is 0.286. The van der Waals surface area contributed by atoms with Gasteiger partial charge in [-0.05, 0) is 46.2 Å². The van der Waals surface area contributed by atoms with Crippen LogP contribution in [0.1, 0.15) is 11.1 Å². The molecule has 0 aliphatic heterocycles. The zero-order valence-corrected chi connectivity index (χ0v) is 10.4. The van der Waals surface area contributed by atoms with Crippen molar-refractivity contribution < 1.29 is 19.7 Å². The number of aliphatic hydroxyl groups excluding tert-OH is 2. The highest BCUT2D eigenvalue weighted by atomic mass is 16.5. The van der Waals surface area contributed by atoms with E-state index < -0.39 is 0 Å². The summed E-state index contributed by atoms with van der Waals surface area (Å²) in [5.41, 5.74) is 1.46. The third kappa shape index (κ3) is 2.12. The first kappa shape index (κ1) is 12.7. The second kappa shape index (κ2) is 5.25. The van der Waals surface area contributed by atoms with Crippen LogP contribution in [0.3, 0.4) is 0 Å². The van der Waals surface area contributed by atoms with Crippen LogP contribution in [-0.2, 0) is 13.2 Å². The van der Waals surface area contributed by atoms with E-state index in [1.807, 2.05) is 12.1 Å². The number of hydrogen-bond donors (Lipinski definition) is 2. The number of hydrogen-bond acceptors (Lipinski definition) is 4. The van der Waals surface area contributed by atoms with Crippen LogP contribution in [0.25, 0.3) is 10.8 Å². The number of benzene rings is 2. The lowest BCUT2D eigenvalue weighted by Crippen LogP contribution is -1.96. The van der Waals surface area contributed by atoms with Crippen molar-refractivity contribution in [3.8, 4) is 11.5 Å². The minimum Gasteiger partial charge on any atom is -0.497 e. The summed E-state index contributed by atoms with van der Waals surface area (Å²) < 4.78 is 10.4. The van der Waals surface area contributed by atoms with Gasteiger partial charge >= 0.3 is 0 Å². The van der Waals surface area contributed by atoms with Gasteiger partial charge in [0.25, 0.3) is 0 Å². The Morgan fingerprint density at radius 3 is 1.61 bits per heavy atom. The van der Waals surface area contributed by atoms with E-state index in [1.54, 1.807) is 26.4 Å². The summed E-state index contributed by atoms with van der Waals surface area (Å²) in [5, 5.41) is 20.6. The normalized spacial score (nSPS) is 10.7. The van der Waals surface area contributed by atoms with Gasteiger partial charge in [-0.2, -0.15) is 0 Å². The van der Waals surface area contributed by atoms with Crippen molar-refractivity contribution in [2.75, 3.05) is 14.2 Å². The van der Waals surface area contributed by atoms with E-state index in [0.717, 1.165) is 21.9 Å². The van der Waals surface area contributed by atoms with E-state index in [-0.39, 0.29) is 13.2 Å². The monoisotopic (exact) mass is 248 g/mol. The molecule has 0 saturated carbocycles. The Labute approximate surface area is 105 Å². The number of rotatable bonds is 4. The molecule has 0 radical (unpaired) electrons. The lowest BCUT2D eigenvalue weighted by molar-refractivity contribution is 0.278. The molecule has 0 fully saturated rings. The molecule has 0 spiro atoms. The van der Waals surface area contributed by atoms with Crippen LogP contribution in [0.5, 0.6) is 11.5 Å². The van der Waals surface area contributed by atoms with Crippen molar-refractivity contribution in [3.05, 3.63) is 35.4 Å². The quantitative estimate of drug-likeness (QED) is 0.866. The molecule has 4 heteroatoms. The van der Waals surface area contributed by atoms with Crippen molar-refractivity contribution in [2.24, 2.45) is 0 Å². The van der Waals surface area contributed by atoms with Gasteiger partial charge in [-0.3, -0.25) is 0 Å². The molecule has 18 heavy (non-hydrogen) atoms. The Hall–Kier alpha value is -1.78. The molecule has 0 bridgehead atoms. The lowest BCUT2D eigenvalue weighted by atomic mass is 9.99. The molecule has 0 aliphatic carbocycles. The van der Waals surface area contributed by atoms with E-state index in [2.05, 4.69) is 0 Å². The summed E-state index contributed by atoms with van der Waals surface area (Å²) in [4.78, 5) is 0. The Morgan fingerprint density at radius 1 is 0.833 bits per heavy atom. The minimum atomic E-state index is -0.104. The fourth-order valence-corrected chi connectivity index (χ4v) is 2.13. The van der Waals surface area contributed by atoms with Crippen molar-refractivity contribution >= 4 is 10.8 Å². The molecule has 2 aromatic carbocycles. The number of ether oxygens (including phenoxy) is 2. The van der Waals surface area contributed by atoms with Crippen LogP contribution in [0.2, 0.25) is 0 Å². The molecule has 4 nitrogen and oxygen atoms in total. The Kier molecular flexibility index (Phi) is 3.69. The lowest BCUT2D eigenvalue weighted by Gasteiger charge is -2.13. The van der Waals surface area contributed by atoms with E-state index >= 15 is 0 Å². The van der Waals surface area contributed by atoms with Gasteiger partial charge in [0.1, 0.15) is 11.5 Å². The summed E-state index contributed by atoms with van der Waals surface area (Å²) in [6.45, 7) is -0.208. The van der Waals surface area contributed by atoms with Gasteiger partial charge in [-0.1, -0.05) is 0 Å². The summed E-state index contributed by atoms with van der Waals surface area (Å²) in [5.74, 6) is 1.34. The average Bonchev–Trinajstić information content (AvgIpc) is 2.44. The largest absolute Gasteiger partial charge is 0.497 e. The van der Waals surface area contributed by atoms with Crippen molar-refractivity contribution in [2.45, 2.75) is 13.2 Å². The predicted octanol–water partition coefficient (Wildman–Crippen LogP) is 1.84. The van der Waals surface area contributed by atoms with Crippen LogP contribution in [0.15, 0.2) is 24.3 Å². The fourth-order valence-electron chi connectivity index (χ4n) is 2.13. The molecular weight excluding hydrogens is 232 g/mol. The van der Waals surface area contributed by atoms with Gasteiger partial charge in [-0.25, -0.2) is 0 Å². The molecule has 2 rings (SSSR count). The Balaban J connectivity index is 2.80. The summed E-state index contributed by atoms with van der Waals surface area (Å²) in [7, 11) is 3.16. The van der Waals surface area contributed by atoms with Gasteiger partial charge in [0, 0.05) is 0 Å². The predicted molar refractivity (Wildman–Crippen MR) is 68.9 cm³/mol. The first-order chi connectivity index (χ1) is 8.73. The standard InChI is InChI=1S/C14H16O4/c1-17-12-3-9-4-13(18-2)6-11(8-16)14(9)10(5-12)7-15/h3-6,15-16H,7-8H2,1-2H3. The number of fused-ring (bicyclic) bond motifs is 1. The molecule has 2 N–H and O–H groups in total. The highest BCUT2D eigenvalue weighted by Crippen LogP contribution is 2.32. The second-order valence-electron chi connectivity index (χ2n) is 3.99. The summed E-state index contributed by atoms with van der Waals surface area (Å²) >= 11 is 0. The van der Waals surface area contributed by atoms with Crippen LogP contribution in [0.4, 0.5) is 0 Å². The van der Waals surface area contributed by atoms with Gasteiger partial charge in [0.15, 0.2) is 0 Å². The molecule has 0 saturated heterocycles. The second-order valence-corrected chi connectivity index (χ2v) is 3.99. The SMILES string of the molecule is COc1cc(CO)c2c(CO)cc(OC)cc2c1. The van der Waals surface area contributed by atoms with Crippen LogP contribution < -0.4 is 9.47 Å². The van der Waals surface area contributed by atoms with Crippen LogP contribution in [0, 0.1) is 0 Å². The van der Waals surface area contributed by atoms with E-state index in [0.29, 0.717) is 11.5 Å². The van der Waals surface area contributed by atoms with Gasteiger partial charge in [0.2, 0.25) is 0 Å². The zero-order valence-electron chi connectivity index (χ0n) is 10.4.